The smallest absolute Gasteiger partial charge is 0.227 e. The van der Waals surface area contributed by atoms with Crippen LogP contribution in [0.4, 0.5) is 5.69 Å². The van der Waals surface area contributed by atoms with Crippen molar-refractivity contribution in [3.05, 3.63) is 18.3 Å². The quantitative estimate of drug-likeness (QED) is 0.927. The molecule has 1 aromatic rings. The summed E-state index contributed by atoms with van der Waals surface area (Å²) in [7, 11) is 2.14. The largest absolute Gasteiger partial charge is 0.474 e. The molecule has 1 N–H and O–H groups in total. The highest BCUT2D eigenvalue weighted by Crippen LogP contribution is 2.25. The molecule has 1 aromatic heterocycles. The fourth-order valence-electron chi connectivity index (χ4n) is 3.41. The number of nitrogens with one attached hydrogen (secondary N) is 1. The van der Waals surface area contributed by atoms with Crippen LogP contribution in [0.3, 0.4) is 0 Å². The minimum Gasteiger partial charge on any atom is -0.474 e. The number of carbonyl (C=O) groups excluding carboxylic acids is 1. The number of piperidine rings is 1. The number of pyridine rings is 1. The highest BCUT2D eigenvalue weighted by Gasteiger charge is 2.21. The van der Waals surface area contributed by atoms with Gasteiger partial charge in [0.25, 0.3) is 0 Å². The summed E-state index contributed by atoms with van der Waals surface area (Å²) >= 11 is 0. The first kappa shape index (κ1) is 16.2. The number of aromatic nitrogens is 1. The van der Waals surface area contributed by atoms with Crippen molar-refractivity contribution in [3.8, 4) is 5.88 Å². The maximum atomic E-state index is 12.2. The van der Waals surface area contributed by atoms with Crippen LogP contribution < -0.4 is 10.1 Å². The number of rotatable bonds is 4. The first-order valence-electron chi connectivity index (χ1n) is 8.83. The van der Waals surface area contributed by atoms with Gasteiger partial charge in [-0.15, -0.1) is 0 Å². The van der Waals surface area contributed by atoms with E-state index >= 15 is 0 Å². The van der Waals surface area contributed by atoms with Crippen LogP contribution in [0.25, 0.3) is 0 Å². The van der Waals surface area contributed by atoms with Crippen molar-refractivity contribution in [1.29, 1.82) is 0 Å². The van der Waals surface area contributed by atoms with E-state index in [9.17, 15) is 4.79 Å². The molecule has 0 spiro atoms. The van der Waals surface area contributed by atoms with Gasteiger partial charge in [-0.1, -0.05) is 19.3 Å². The molecule has 0 aromatic carbocycles. The second-order valence-electron chi connectivity index (χ2n) is 6.83. The topological polar surface area (TPSA) is 54.5 Å². The number of anilines is 1. The van der Waals surface area contributed by atoms with E-state index in [1.165, 1.54) is 19.3 Å². The molecule has 0 radical (unpaired) electrons. The number of hydrogen-bond donors (Lipinski definition) is 1. The van der Waals surface area contributed by atoms with Crippen molar-refractivity contribution in [2.45, 2.75) is 51.0 Å². The third-order valence-electron chi connectivity index (χ3n) is 4.93. The number of ether oxygens (including phenoxy) is 1. The van der Waals surface area contributed by atoms with Gasteiger partial charge in [0.1, 0.15) is 6.10 Å². The predicted molar refractivity (Wildman–Crippen MR) is 90.6 cm³/mol. The van der Waals surface area contributed by atoms with Crippen LogP contribution in [0.1, 0.15) is 44.9 Å². The molecule has 3 rings (SSSR count). The molecule has 2 aliphatic rings. The van der Waals surface area contributed by atoms with Crippen LogP contribution in [-0.4, -0.2) is 42.0 Å². The van der Waals surface area contributed by atoms with Crippen LogP contribution in [-0.2, 0) is 4.79 Å². The van der Waals surface area contributed by atoms with Crippen LogP contribution in [0, 0.1) is 5.92 Å². The summed E-state index contributed by atoms with van der Waals surface area (Å²) in [6.07, 6.45) is 9.64. The lowest BCUT2D eigenvalue weighted by molar-refractivity contribution is -0.120. The van der Waals surface area contributed by atoms with Gasteiger partial charge < -0.3 is 15.0 Å². The Morgan fingerprint density at radius 1 is 1.17 bits per heavy atom. The lowest BCUT2D eigenvalue weighted by Gasteiger charge is -2.28. The van der Waals surface area contributed by atoms with Gasteiger partial charge in [-0.2, -0.15) is 0 Å². The molecule has 1 aliphatic carbocycles. The van der Waals surface area contributed by atoms with Crippen LogP contribution in [0.2, 0.25) is 0 Å². The summed E-state index contributed by atoms with van der Waals surface area (Å²) in [4.78, 5) is 18.9. The zero-order chi connectivity index (χ0) is 16.1. The molecule has 0 unspecified atom stereocenters. The molecular weight excluding hydrogens is 290 g/mol. The molecule has 126 valence electrons. The van der Waals surface area contributed by atoms with Crippen LogP contribution in [0.15, 0.2) is 18.3 Å². The van der Waals surface area contributed by atoms with Crippen molar-refractivity contribution < 1.29 is 9.53 Å². The molecule has 5 nitrogen and oxygen atoms in total. The molecule has 5 heteroatoms. The number of nitrogens with zero attached hydrogens (tertiary/aromatic N) is 2. The lowest BCUT2D eigenvalue weighted by Crippen LogP contribution is -2.35. The van der Waals surface area contributed by atoms with Crippen molar-refractivity contribution in [2.24, 2.45) is 5.92 Å². The maximum absolute atomic E-state index is 12.2. The van der Waals surface area contributed by atoms with Gasteiger partial charge in [-0.05, 0) is 38.8 Å². The Labute approximate surface area is 138 Å². The highest BCUT2D eigenvalue weighted by atomic mass is 16.5. The van der Waals surface area contributed by atoms with E-state index in [1.54, 1.807) is 6.20 Å². The third-order valence-corrected chi connectivity index (χ3v) is 4.93. The van der Waals surface area contributed by atoms with Crippen molar-refractivity contribution in [3.63, 3.8) is 0 Å². The average molecular weight is 317 g/mol. The highest BCUT2D eigenvalue weighted by molar-refractivity contribution is 5.92. The molecule has 1 saturated carbocycles. The summed E-state index contributed by atoms with van der Waals surface area (Å²) in [5.41, 5.74) is 0.760. The third kappa shape index (κ3) is 4.67. The fraction of sp³-hybridized carbons (Fsp3) is 0.667. The number of likely N-dealkylation sites (tertiary alicyclic amines) is 1. The van der Waals surface area contributed by atoms with E-state index in [4.69, 9.17) is 4.74 Å². The van der Waals surface area contributed by atoms with Crippen molar-refractivity contribution >= 4 is 11.6 Å². The first-order valence-corrected chi connectivity index (χ1v) is 8.83. The SMILES string of the molecule is CN1CCC(Oc2ccc(NC(=O)C3CCCCC3)cn2)CC1. The molecule has 23 heavy (non-hydrogen) atoms. The molecule has 2 heterocycles. The summed E-state index contributed by atoms with van der Waals surface area (Å²) in [6.45, 7) is 2.14. The van der Waals surface area contributed by atoms with Gasteiger partial charge in [0.05, 0.1) is 11.9 Å². The van der Waals surface area contributed by atoms with Crippen LogP contribution in [0.5, 0.6) is 5.88 Å². The second kappa shape index (κ2) is 7.77. The Hall–Kier alpha value is -1.62. The van der Waals surface area contributed by atoms with Crippen LogP contribution >= 0.6 is 0 Å². The van der Waals surface area contributed by atoms with E-state index in [2.05, 4.69) is 22.2 Å². The van der Waals surface area contributed by atoms with Gasteiger partial charge >= 0.3 is 0 Å². The van der Waals surface area contributed by atoms with Gasteiger partial charge in [0.2, 0.25) is 11.8 Å². The minimum atomic E-state index is 0.135. The monoisotopic (exact) mass is 317 g/mol. The van der Waals surface area contributed by atoms with Gasteiger partial charge in [0.15, 0.2) is 0 Å². The van der Waals surface area contributed by atoms with E-state index in [0.29, 0.717) is 5.88 Å². The number of amides is 1. The Bertz CT molecular complexity index is 504. The average Bonchev–Trinajstić information content (AvgIpc) is 2.59. The minimum absolute atomic E-state index is 0.135. The Morgan fingerprint density at radius 2 is 1.91 bits per heavy atom. The molecule has 1 amide bonds. The standard InChI is InChI=1S/C18H27N3O2/c1-21-11-9-16(10-12-21)23-17-8-7-15(13-19-17)20-18(22)14-5-3-2-4-6-14/h7-8,13-14,16H,2-6,9-12H2,1H3,(H,20,22). The van der Waals surface area contributed by atoms with E-state index in [0.717, 1.165) is 44.5 Å². The lowest BCUT2D eigenvalue weighted by atomic mass is 9.88. The number of hydrogen-bond acceptors (Lipinski definition) is 4. The normalized spacial score (nSPS) is 21.1. The molecule has 2 fully saturated rings. The van der Waals surface area contributed by atoms with E-state index in [1.807, 2.05) is 12.1 Å². The summed E-state index contributed by atoms with van der Waals surface area (Å²) in [5.74, 6) is 0.949. The van der Waals surface area contributed by atoms with E-state index < -0.39 is 0 Å². The van der Waals surface area contributed by atoms with Gasteiger partial charge in [-0.25, -0.2) is 4.98 Å². The zero-order valence-corrected chi connectivity index (χ0v) is 14.0. The summed E-state index contributed by atoms with van der Waals surface area (Å²) in [5, 5.41) is 2.98. The Morgan fingerprint density at radius 3 is 2.57 bits per heavy atom. The van der Waals surface area contributed by atoms with Crippen molar-refractivity contribution in [2.75, 3.05) is 25.5 Å². The molecular formula is C18H27N3O2. The maximum Gasteiger partial charge on any atom is 0.227 e. The second-order valence-corrected chi connectivity index (χ2v) is 6.83. The molecule has 1 aliphatic heterocycles. The number of carbonyl (C=O) groups is 1. The zero-order valence-electron chi connectivity index (χ0n) is 14.0. The molecule has 0 bridgehead atoms. The fourth-order valence-corrected chi connectivity index (χ4v) is 3.41. The van der Waals surface area contributed by atoms with Gasteiger partial charge in [0, 0.05) is 25.1 Å². The molecule has 0 atom stereocenters. The van der Waals surface area contributed by atoms with Gasteiger partial charge in [-0.3, -0.25) is 4.79 Å². The summed E-state index contributed by atoms with van der Waals surface area (Å²) < 4.78 is 5.93. The van der Waals surface area contributed by atoms with E-state index in [-0.39, 0.29) is 17.9 Å². The predicted octanol–water partition coefficient (Wildman–Crippen LogP) is 3.07. The Balaban J connectivity index is 1.49. The first-order chi connectivity index (χ1) is 11.2. The van der Waals surface area contributed by atoms with Crippen molar-refractivity contribution in [1.82, 2.24) is 9.88 Å². The summed E-state index contributed by atoms with van der Waals surface area (Å²) in [6, 6.07) is 3.74. The Kier molecular flexibility index (Phi) is 5.49. The molecule has 1 saturated heterocycles.